The average molecular weight is 334 g/mol. The zero-order chi connectivity index (χ0) is 17.5. The minimum absolute atomic E-state index is 0.134. The molecule has 0 unspecified atom stereocenters. The highest BCUT2D eigenvalue weighted by atomic mass is 16.5. The molecular weight excluding hydrogens is 316 g/mol. The Bertz CT molecular complexity index is 823. The van der Waals surface area contributed by atoms with Gasteiger partial charge in [0.2, 0.25) is 5.88 Å². The van der Waals surface area contributed by atoms with Crippen LogP contribution >= 0.6 is 0 Å². The summed E-state index contributed by atoms with van der Waals surface area (Å²) in [6.45, 7) is 2.41. The molecule has 0 radical (unpaired) electrons. The molecular formula is C15H18N4O5. The first kappa shape index (κ1) is 17.3. The molecule has 1 aromatic carbocycles. The van der Waals surface area contributed by atoms with Crippen LogP contribution in [0.1, 0.15) is 12.5 Å². The Morgan fingerprint density at radius 3 is 2.67 bits per heavy atom. The number of benzene rings is 1. The molecule has 1 heterocycles. The van der Waals surface area contributed by atoms with Gasteiger partial charge in [0.15, 0.2) is 0 Å². The van der Waals surface area contributed by atoms with E-state index in [9.17, 15) is 14.7 Å². The van der Waals surface area contributed by atoms with E-state index < -0.39 is 17.1 Å². The maximum absolute atomic E-state index is 12.0. The number of aromatic nitrogens is 2. The quantitative estimate of drug-likeness (QED) is 0.308. The number of aliphatic hydroxyl groups is 1. The molecule has 0 spiro atoms. The largest absolute Gasteiger partial charge is 0.494 e. The van der Waals surface area contributed by atoms with Crippen LogP contribution in [0.25, 0.3) is 5.69 Å². The first-order valence-corrected chi connectivity index (χ1v) is 7.26. The molecule has 0 saturated carbocycles. The normalized spacial score (nSPS) is 10.9. The van der Waals surface area contributed by atoms with E-state index in [1.807, 2.05) is 6.92 Å². The number of aromatic amines is 1. The Morgan fingerprint density at radius 2 is 2.04 bits per heavy atom. The van der Waals surface area contributed by atoms with Crippen molar-refractivity contribution >= 4 is 6.21 Å². The van der Waals surface area contributed by atoms with E-state index in [-0.39, 0.29) is 18.7 Å². The molecule has 9 heteroatoms. The Morgan fingerprint density at radius 1 is 1.33 bits per heavy atom. The van der Waals surface area contributed by atoms with Gasteiger partial charge in [0.25, 0.3) is 5.56 Å². The van der Waals surface area contributed by atoms with Crippen molar-refractivity contribution in [3.8, 4) is 17.3 Å². The molecule has 0 fully saturated rings. The lowest BCUT2D eigenvalue weighted by atomic mass is 10.2. The van der Waals surface area contributed by atoms with Gasteiger partial charge in [-0.05, 0) is 31.2 Å². The predicted octanol–water partition coefficient (Wildman–Crippen LogP) is -0.454. The highest BCUT2D eigenvalue weighted by Crippen LogP contribution is 2.18. The Kier molecular flexibility index (Phi) is 5.74. The van der Waals surface area contributed by atoms with Crippen LogP contribution in [-0.2, 0) is 0 Å². The molecule has 2 rings (SSSR count). The molecule has 4 N–H and O–H groups in total. The summed E-state index contributed by atoms with van der Waals surface area (Å²) in [4.78, 5) is 26.0. The van der Waals surface area contributed by atoms with Crippen LogP contribution in [-0.4, -0.2) is 45.7 Å². The number of rotatable bonds is 7. The third-order valence-corrected chi connectivity index (χ3v) is 3.04. The molecule has 24 heavy (non-hydrogen) atoms. The van der Waals surface area contributed by atoms with Crippen LogP contribution in [0.4, 0.5) is 0 Å². The van der Waals surface area contributed by atoms with Gasteiger partial charge in [-0.2, -0.15) is 5.10 Å². The third kappa shape index (κ3) is 3.82. The first-order chi connectivity index (χ1) is 11.6. The highest BCUT2D eigenvalue weighted by molar-refractivity contribution is 5.82. The van der Waals surface area contributed by atoms with Crippen molar-refractivity contribution in [2.45, 2.75) is 6.92 Å². The van der Waals surface area contributed by atoms with Crippen molar-refractivity contribution in [1.82, 2.24) is 15.0 Å². The van der Waals surface area contributed by atoms with Crippen molar-refractivity contribution in [2.75, 3.05) is 19.8 Å². The second-order valence-electron chi connectivity index (χ2n) is 4.65. The number of hydrazone groups is 1. The number of nitrogens with zero attached hydrogens (tertiary/aromatic N) is 2. The maximum Gasteiger partial charge on any atom is 0.335 e. The lowest BCUT2D eigenvalue weighted by Crippen LogP contribution is -2.31. The van der Waals surface area contributed by atoms with Gasteiger partial charge in [-0.1, -0.05) is 0 Å². The molecule has 0 amide bonds. The predicted molar refractivity (Wildman–Crippen MR) is 88.2 cm³/mol. The molecule has 0 bridgehead atoms. The average Bonchev–Trinajstić information content (AvgIpc) is 2.55. The summed E-state index contributed by atoms with van der Waals surface area (Å²) in [7, 11) is 0. The smallest absolute Gasteiger partial charge is 0.335 e. The van der Waals surface area contributed by atoms with Crippen LogP contribution in [0.15, 0.2) is 39.0 Å². The molecule has 0 aliphatic rings. The summed E-state index contributed by atoms with van der Waals surface area (Å²) in [6, 6.07) is 6.45. The number of hydrogen-bond acceptors (Lipinski definition) is 7. The number of hydrogen-bond donors (Lipinski definition) is 4. The minimum Gasteiger partial charge on any atom is -0.494 e. The fraction of sp³-hybridized carbons (Fsp3) is 0.267. The second-order valence-corrected chi connectivity index (χ2v) is 4.65. The van der Waals surface area contributed by atoms with Gasteiger partial charge < -0.3 is 20.4 Å². The van der Waals surface area contributed by atoms with Gasteiger partial charge in [-0.15, -0.1) is 0 Å². The molecule has 0 saturated heterocycles. The summed E-state index contributed by atoms with van der Waals surface area (Å²) in [5, 5.41) is 22.6. The summed E-state index contributed by atoms with van der Waals surface area (Å²) >= 11 is 0. The van der Waals surface area contributed by atoms with Gasteiger partial charge in [0.05, 0.1) is 31.7 Å². The fourth-order valence-corrected chi connectivity index (χ4v) is 1.98. The van der Waals surface area contributed by atoms with Crippen LogP contribution in [0.5, 0.6) is 11.6 Å². The van der Waals surface area contributed by atoms with Crippen LogP contribution in [0, 0.1) is 0 Å². The van der Waals surface area contributed by atoms with E-state index in [2.05, 4.69) is 15.5 Å². The monoisotopic (exact) mass is 334 g/mol. The Hall–Kier alpha value is -3.07. The molecule has 1 aromatic heterocycles. The van der Waals surface area contributed by atoms with Gasteiger partial charge in [0, 0.05) is 0 Å². The zero-order valence-corrected chi connectivity index (χ0v) is 13.0. The Balaban J connectivity index is 2.44. The minimum atomic E-state index is -0.776. The van der Waals surface area contributed by atoms with Crippen molar-refractivity contribution in [1.29, 1.82) is 0 Å². The topological polar surface area (TPSA) is 129 Å². The van der Waals surface area contributed by atoms with E-state index in [0.717, 1.165) is 10.8 Å². The van der Waals surface area contributed by atoms with Crippen molar-refractivity contribution < 1.29 is 14.9 Å². The van der Waals surface area contributed by atoms with E-state index in [0.29, 0.717) is 18.0 Å². The number of ether oxygens (including phenoxy) is 1. The van der Waals surface area contributed by atoms with Crippen LogP contribution in [0.3, 0.4) is 0 Å². The van der Waals surface area contributed by atoms with E-state index in [1.54, 1.807) is 24.3 Å². The molecule has 0 atom stereocenters. The zero-order valence-electron chi connectivity index (χ0n) is 13.0. The van der Waals surface area contributed by atoms with E-state index in [4.69, 9.17) is 9.84 Å². The number of aromatic hydroxyl groups is 1. The number of aliphatic hydroxyl groups excluding tert-OH is 1. The summed E-state index contributed by atoms with van der Waals surface area (Å²) < 4.78 is 6.27. The van der Waals surface area contributed by atoms with Crippen molar-refractivity contribution in [2.24, 2.45) is 5.10 Å². The van der Waals surface area contributed by atoms with Gasteiger partial charge >= 0.3 is 5.69 Å². The summed E-state index contributed by atoms with van der Waals surface area (Å²) in [5.74, 6) is 0.0793. The summed E-state index contributed by atoms with van der Waals surface area (Å²) in [5.41, 5.74) is 1.11. The Labute approximate surface area is 136 Å². The van der Waals surface area contributed by atoms with Gasteiger partial charge in [-0.25, -0.2) is 9.36 Å². The lowest BCUT2D eigenvalue weighted by Gasteiger charge is -2.10. The van der Waals surface area contributed by atoms with Crippen LogP contribution in [0.2, 0.25) is 0 Å². The third-order valence-electron chi connectivity index (χ3n) is 3.04. The molecule has 9 nitrogen and oxygen atoms in total. The molecule has 128 valence electrons. The van der Waals surface area contributed by atoms with E-state index >= 15 is 0 Å². The lowest BCUT2D eigenvalue weighted by molar-refractivity contribution is 0.294. The SMILES string of the molecule is CCOc1ccc(-n2c(O)c(/C=N/NCCO)c(=O)[nH]c2=O)cc1. The number of H-pyrrole nitrogens is 1. The standard InChI is InChI=1S/C15H18N4O5/c1-2-24-11-5-3-10(4-6-11)19-14(22)12(9-17-16-7-8-20)13(21)18-15(19)23/h3-6,9,16,20,22H,2,7-8H2,1H3,(H,18,21,23)/b17-9+. The molecule has 2 aromatic rings. The fourth-order valence-electron chi connectivity index (χ4n) is 1.98. The maximum atomic E-state index is 12.0. The van der Waals surface area contributed by atoms with Crippen molar-refractivity contribution in [3.05, 3.63) is 50.7 Å². The van der Waals surface area contributed by atoms with Crippen molar-refractivity contribution in [3.63, 3.8) is 0 Å². The number of nitrogens with one attached hydrogen (secondary N) is 2. The summed E-state index contributed by atoms with van der Waals surface area (Å²) in [6.07, 6.45) is 1.08. The molecule has 0 aliphatic carbocycles. The van der Waals surface area contributed by atoms with Crippen LogP contribution < -0.4 is 21.4 Å². The van der Waals surface area contributed by atoms with Gasteiger partial charge in [-0.3, -0.25) is 9.78 Å². The van der Waals surface area contributed by atoms with Gasteiger partial charge in [0.1, 0.15) is 11.3 Å². The molecule has 0 aliphatic heterocycles. The highest BCUT2D eigenvalue weighted by Gasteiger charge is 2.14. The van der Waals surface area contributed by atoms with E-state index in [1.165, 1.54) is 0 Å². The second kappa shape index (κ2) is 7.97. The first-order valence-electron chi connectivity index (χ1n) is 7.26.